The largest absolute Gasteiger partial charge is 0.484 e. The predicted molar refractivity (Wildman–Crippen MR) is 173 cm³/mol. The summed E-state index contributed by atoms with van der Waals surface area (Å²) in [6, 6.07) is 11.8. The Kier molecular flexibility index (Phi) is 12.3. The maximum Gasteiger partial charge on any atom is 0.258 e. The number of ether oxygens (including phenoxy) is 1. The third kappa shape index (κ3) is 9.75. The molecule has 13 nitrogen and oxygen atoms in total. The molecule has 0 aliphatic carbocycles. The number of carbonyl (C=O) groups is 5. The molecule has 5 atom stereocenters. The van der Waals surface area contributed by atoms with Gasteiger partial charge in [0.25, 0.3) is 11.8 Å². The number of carbonyl (C=O) groups excluding carboxylic acids is 5. The maximum absolute atomic E-state index is 14.1. The van der Waals surface area contributed by atoms with Crippen LogP contribution in [-0.4, -0.2) is 90.4 Å². The normalized spacial score (nSPS) is 17.3. The summed E-state index contributed by atoms with van der Waals surface area (Å²) in [5.41, 5.74) is 12.8. The van der Waals surface area contributed by atoms with Gasteiger partial charge >= 0.3 is 0 Å². The SMILES string of the molecule is CN(C)c1ccc(OCC(=O)N[C@@H](CC(N)=O)C(=O)C(C(O)C(=O)N2CCC[C@H]2C(=O)NC(C)(C)C)C(N)c2ccccc2)cc1. The summed E-state index contributed by atoms with van der Waals surface area (Å²) in [4.78, 5) is 69.0. The second kappa shape index (κ2) is 15.7. The van der Waals surface area contributed by atoms with E-state index in [1.165, 1.54) is 4.90 Å². The van der Waals surface area contributed by atoms with E-state index in [4.69, 9.17) is 16.2 Å². The topological polar surface area (TPSA) is 197 Å². The highest BCUT2D eigenvalue weighted by molar-refractivity contribution is 5.99. The zero-order valence-electron chi connectivity index (χ0n) is 27.1. The molecule has 4 amide bonds. The Hall–Kier alpha value is -4.49. The quantitative estimate of drug-likeness (QED) is 0.197. The predicted octanol–water partition coefficient (Wildman–Crippen LogP) is 0.644. The monoisotopic (exact) mass is 638 g/mol. The van der Waals surface area contributed by atoms with E-state index < -0.39 is 72.2 Å². The van der Waals surface area contributed by atoms with Crippen molar-refractivity contribution < 1.29 is 33.8 Å². The van der Waals surface area contributed by atoms with Gasteiger partial charge in [0, 0.05) is 37.9 Å². The van der Waals surface area contributed by atoms with Gasteiger partial charge in [-0.25, -0.2) is 0 Å². The van der Waals surface area contributed by atoms with E-state index >= 15 is 0 Å². The molecule has 1 aliphatic heterocycles. The zero-order chi connectivity index (χ0) is 34.2. The molecule has 0 saturated carbocycles. The molecule has 0 bridgehead atoms. The minimum Gasteiger partial charge on any atom is -0.484 e. The molecule has 13 heteroatoms. The smallest absolute Gasteiger partial charge is 0.258 e. The number of primary amides is 1. The average molecular weight is 639 g/mol. The van der Waals surface area contributed by atoms with Crippen LogP contribution in [0.5, 0.6) is 5.75 Å². The number of aliphatic hydroxyl groups is 1. The average Bonchev–Trinajstić information content (AvgIpc) is 3.49. The summed E-state index contributed by atoms with van der Waals surface area (Å²) in [5.74, 6) is -4.94. The van der Waals surface area contributed by atoms with Crippen LogP contribution < -0.4 is 31.7 Å². The number of benzene rings is 2. The van der Waals surface area contributed by atoms with Crippen LogP contribution in [0, 0.1) is 5.92 Å². The van der Waals surface area contributed by atoms with Crippen LogP contribution in [0.2, 0.25) is 0 Å². The summed E-state index contributed by atoms with van der Waals surface area (Å²) < 4.78 is 5.56. The van der Waals surface area contributed by atoms with Gasteiger partial charge in [-0.1, -0.05) is 30.3 Å². The number of hydrogen-bond donors (Lipinski definition) is 5. The van der Waals surface area contributed by atoms with Gasteiger partial charge in [0.1, 0.15) is 17.9 Å². The van der Waals surface area contributed by atoms with Crippen LogP contribution >= 0.6 is 0 Å². The van der Waals surface area contributed by atoms with E-state index in [9.17, 15) is 29.1 Å². The van der Waals surface area contributed by atoms with Crippen molar-refractivity contribution in [2.75, 3.05) is 32.1 Å². The van der Waals surface area contributed by atoms with Gasteiger partial charge in [-0.3, -0.25) is 24.0 Å². The Morgan fingerprint density at radius 2 is 1.67 bits per heavy atom. The number of ketones is 1. The molecule has 2 aromatic rings. The molecule has 0 aromatic heterocycles. The maximum atomic E-state index is 14.1. The van der Waals surface area contributed by atoms with Gasteiger partial charge in [-0.2, -0.15) is 0 Å². The summed E-state index contributed by atoms with van der Waals surface area (Å²) in [6.45, 7) is 5.14. The Bertz CT molecular complexity index is 1380. The number of amides is 4. The first kappa shape index (κ1) is 36.0. The van der Waals surface area contributed by atoms with Crippen LogP contribution in [0.25, 0.3) is 0 Å². The van der Waals surface area contributed by atoms with Gasteiger partial charge in [0.15, 0.2) is 12.4 Å². The van der Waals surface area contributed by atoms with E-state index in [-0.39, 0.29) is 12.5 Å². The summed E-state index contributed by atoms with van der Waals surface area (Å²) in [6.07, 6.45) is -1.71. The summed E-state index contributed by atoms with van der Waals surface area (Å²) in [7, 11) is 3.77. The second-order valence-corrected chi connectivity index (χ2v) is 12.7. The first-order chi connectivity index (χ1) is 21.6. The lowest BCUT2D eigenvalue weighted by Gasteiger charge is -2.34. The number of nitrogens with one attached hydrogen (secondary N) is 2. The van der Waals surface area contributed by atoms with Crippen molar-refractivity contribution in [3.8, 4) is 5.75 Å². The summed E-state index contributed by atoms with van der Waals surface area (Å²) in [5, 5.41) is 16.9. The minimum atomic E-state index is -2.00. The molecule has 0 radical (unpaired) electrons. The molecule has 46 heavy (non-hydrogen) atoms. The Morgan fingerprint density at radius 1 is 1.04 bits per heavy atom. The van der Waals surface area contributed by atoms with Crippen LogP contribution in [-0.2, 0) is 24.0 Å². The molecule has 0 spiro atoms. The van der Waals surface area contributed by atoms with Gasteiger partial charge < -0.3 is 41.7 Å². The van der Waals surface area contributed by atoms with Gasteiger partial charge in [0.2, 0.25) is 11.8 Å². The standard InChI is InChI=1S/C33H46N6O7/c1-33(2,3)37-31(44)24-12-9-17-39(24)32(45)30(43)27(28(35)20-10-7-6-8-11-20)29(42)23(18-25(34)40)36-26(41)19-46-22-15-13-21(14-16-22)38(4)5/h6-8,10-11,13-16,23-24,27-28,30,43H,9,12,17-19,35H2,1-5H3,(H2,34,40)(H,36,41)(H,37,44)/t23-,24-,27?,28?,30?/m0/s1. The van der Waals surface area contributed by atoms with Crippen LogP contribution in [0.4, 0.5) is 5.69 Å². The van der Waals surface area contributed by atoms with E-state index in [0.717, 1.165) is 5.69 Å². The Labute approximate surface area is 269 Å². The number of anilines is 1. The van der Waals surface area contributed by atoms with Crippen molar-refractivity contribution in [2.45, 2.75) is 69.8 Å². The number of hydrogen-bond acceptors (Lipinski definition) is 9. The van der Waals surface area contributed by atoms with E-state index in [1.54, 1.807) is 54.6 Å². The second-order valence-electron chi connectivity index (χ2n) is 12.7. The Morgan fingerprint density at radius 3 is 2.24 bits per heavy atom. The number of Topliss-reactive ketones (excluding diaryl/α,β-unsaturated/α-hetero) is 1. The minimum absolute atomic E-state index is 0.188. The lowest BCUT2D eigenvalue weighted by atomic mass is 9.81. The first-order valence-corrected chi connectivity index (χ1v) is 15.2. The number of nitrogens with two attached hydrogens (primary N) is 2. The first-order valence-electron chi connectivity index (χ1n) is 15.2. The van der Waals surface area contributed by atoms with Crippen molar-refractivity contribution in [1.29, 1.82) is 0 Å². The van der Waals surface area contributed by atoms with Crippen LogP contribution in [0.15, 0.2) is 54.6 Å². The molecule has 250 valence electrons. The van der Waals surface area contributed by atoms with E-state index in [2.05, 4.69) is 10.6 Å². The van der Waals surface area contributed by atoms with Crippen molar-refractivity contribution >= 4 is 35.1 Å². The number of nitrogens with zero attached hydrogens (tertiary/aromatic N) is 2. The van der Waals surface area contributed by atoms with Crippen molar-refractivity contribution in [3.05, 3.63) is 60.2 Å². The number of aliphatic hydroxyl groups excluding tert-OH is 1. The molecule has 1 saturated heterocycles. The van der Waals surface area contributed by atoms with Gasteiger partial charge in [-0.15, -0.1) is 0 Å². The zero-order valence-corrected chi connectivity index (χ0v) is 27.1. The van der Waals surface area contributed by atoms with Crippen molar-refractivity contribution in [2.24, 2.45) is 17.4 Å². The molecular weight excluding hydrogens is 592 g/mol. The third-order valence-electron chi connectivity index (χ3n) is 7.64. The Balaban J connectivity index is 1.86. The number of likely N-dealkylation sites (tertiary alicyclic amines) is 1. The number of rotatable bonds is 14. The fourth-order valence-electron chi connectivity index (χ4n) is 5.37. The highest BCUT2D eigenvalue weighted by atomic mass is 16.5. The molecular formula is C33H46N6O7. The molecule has 3 unspecified atom stereocenters. The van der Waals surface area contributed by atoms with E-state index in [1.807, 2.05) is 39.8 Å². The third-order valence-corrected chi connectivity index (χ3v) is 7.64. The highest BCUT2D eigenvalue weighted by Crippen LogP contribution is 2.29. The van der Waals surface area contributed by atoms with Gasteiger partial charge in [0.05, 0.1) is 18.4 Å². The summed E-state index contributed by atoms with van der Waals surface area (Å²) >= 11 is 0. The fourth-order valence-corrected chi connectivity index (χ4v) is 5.37. The molecule has 1 aliphatic rings. The van der Waals surface area contributed by atoms with Crippen LogP contribution in [0.3, 0.4) is 0 Å². The van der Waals surface area contributed by atoms with Crippen molar-refractivity contribution in [1.82, 2.24) is 15.5 Å². The van der Waals surface area contributed by atoms with Gasteiger partial charge in [-0.05, 0) is 63.4 Å². The molecule has 3 rings (SSSR count). The van der Waals surface area contributed by atoms with Crippen molar-refractivity contribution in [3.63, 3.8) is 0 Å². The highest BCUT2D eigenvalue weighted by Gasteiger charge is 2.45. The lowest BCUT2D eigenvalue weighted by molar-refractivity contribution is -0.152. The molecule has 7 N–H and O–H groups in total. The fraction of sp³-hybridized carbons (Fsp3) is 0.485. The molecule has 1 fully saturated rings. The molecule has 2 aromatic carbocycles. The lowest BCUT2D eigenvalue weighted by Crippen LogP contribution is -2.57. The molecule has 1 heterocycles. The van der Waals surface area contributed by atoms with E-state index in [0.29, 0.717) is 24.2 Å². The van der Waals surface area contributed by atoms with Crippen LogP contribution in [0.1, 0.15) is 51.6 Å².